The van der Waals surface area contributed by atoms with E-state index in [4.69, 9.17) is 23.2 Å². The fourth-order valence-electron chi connectivity index (χ4n) is 3.22. The molecule has 0 fully saturated rings. The van der Waals surface area contributed by atoms with Gasteiger partial charge in [-0.1, -0.05) is 63.0 Å². The fraction of sp³-hybridized carbons (Fsp3) is 0.476. The zero-order valence-corrected chi connectivity index (χ0v) is 18.4. The SMILES string of the molecule is CCc1sc(-c2cccc(Cl)c2Cl)nc1C(C=O)C(=O)[C@@H](CC)CC(C)C. The Morgan fingerprint density at radius 1 is 1.26 bits per heavy atom. The Bertz CT molecular complexity index is 817. The van der Waals surface area contributed by atoms with Gasteiger partial charge in [-0.3, -0.25) is 4.79 Å². The van der Waals surface area contributed by atoms with Crippen molar-refractivity contribution < 1.29 is 9.59 Å². The van der Waals surface area contributed by atoms with E-state index < -0.39 is 5.92 Å². The van der Waals surface area contributed by atoms with Crippen LogP contribution in [-0.2, 0) is 16.0 Å². The first kappa shape index (κ1) is 22.1. The topological polar surface area (TPSA) is 47.0 Å². The van der Waals surface area contributed by atoms with Gasteiger partial charge in [-0.25, -0.2) is 4.98 Å². The highest BCUT2D eigenvalue weighted by Gasteiger charge is 2.31. The molecular weight excluding hydrogens is 401 g/mol. The lowest BCUT2D eigenvalue weighted by molar-refractivity contribution is -0.128. The van der Waals surface area contributed by atoms with Crippen LogP contribution in [0.5, 0.6) is 0 Å². The maximum atomic E-state index is 13.1. The Balaban J connectivity index is 2.46. The van der Waals surface area contributed by atoms with E-state index in [9.17, 15) is 9.59 Å². The summed E-state index contributed by atoms with van der Waals surface area (Å²) < 4.78 is 0. The van der Waals surface area contributed by atoms with Crippen LogP contribution >= 0.6 is 34.5 Å². The summed E-state index contributed by atoms with van der Waals surface area (Å²) in [6.07, 6.45) is 2.94. The van der Waals surface area contributed by atoms with Crippen LogP contribution in [0, 0.1) is 11.8 Å². The number of carbonyl (C=O) groups excluding carboxylic acids is 2. The Morgan fingerprint density at radius 3 is 2.52 bits per heavy atom. The minimum absolute atomic E-state index is 0.0371. The number of ketones is 1. The standard InChI is InChI=1S/C21H25Cl2NO2S/c1-5-13(10-12(3)4)20(26)15(11-25)19-17(6-2)27-21(24-19)14-8-7-9-16(22)18(14)23/h7-9,11-13,15H,5-6,10H2,1-4H3/t13-,15?/m0/s1. The molecule has 0 aliphatic carbocycles. The Morgan fingerprint density at radius 2 is 1.96 bits per heavy atom. The molecule has 0 bridgehead atoms. The van der Waals surface area contributed by atoms with E-state index in [1.54, 1.807) is 6.07 Å². The molecule has 1 unspecified atom stereocenters. The van der Waals surface area contributed by atoms with Gasteiger partial charge in [0.1, 0.15) is 17.2 Å². The van der Waals surface area contributed by atoms with E-state index in [-0.39, 0.29) is 11.7 Å². The predicted molar refractivity (Wildman–Crippen MR) is 114 cm³/mol. The fourth-order valence-corrected chi connectivity index (χ4v) is 4.74. The molecule has 1 heterocycles. The molecule has 3 nitrogen and oxygen atoms in total. The summed E-state index contributed by atoms with van der Waals surface area (Å²) >= 11 is 13.9. The van der Waals surface area contributed by atoms with E-state index in [1.165, 1.54) is 11.3 Å². The van der Waals surface area contributed by atoms with Crippen LogP contribution in [0.15, 0.2) is 18.2 Å². The molecule has 0 saturated carbocycles. The van der Waals surface area contributed by atoms with E-state index >= 15 is 0 Å². The third-order valence-corrected chi connectivity index (χ3v) is 6.69. The number of nitrogens with zero attached hydrogens (tertiary/aromatic N) is 1. The van der Waals surface area contributed by atoms with E-state index in [1.807, 2.05) is 26.0 Å². The summed E-state index contributed by atoms with van der Waals surface area (Å²) in [6.45, 7) is 8.17. The molecule has 2 atom stereocenters. The molecule has 2 rings (SSSR count). The van der Waals surface area contributed by atoms with Gasteiger partial charge in [-0.2, -0.15) is 0 Å². The summed E-state index contributed by atoms with van der Waals surface area (Å²) in [7, 11) is 0. The molecule has 0 saturated heterocycles. The van der Waals surface area contributed by atoms with Crippen LogP contribution < -0.4 is 0 Å². The summed E-state index contributed by atoms with van der Waals surface area (Å²) in [5.74, 6) is -0.602. The van der Waals surface area contributed by atoms with Crippen molar-refractivity contribution in [2.24, 2.45) is 11.8 Å². The van der Waals surface area contributed by atoms with Gasteiger partial charge in [0.15, 0.2) is 5.78 Å². The maximum Gasteiger partial charge on any atom is 0.152 e. The van der Waals surface area contributed by atoms with Gasteiger partial charge in [-0.05, 0) is 31.2 Å². The van der Waals surface area contributed by atoms with Crippen LogP contribution in [0.1, 0.15) is 57.0 Å². The third-order valence-electron chi connectivity index (χ3n) is 4.62. The highest BCUT2D eigenvalue weighted by atomic mass is 35.5. The molecule has 1 aromatic carbocycles. The van der Waals surface area contributed by atoms with Gasteiger partial charge >= 0.3 is 0 Å². The van der Waals surface area contributed by atoms with Crippen molar-refractivity contribution in [1.29, 1.82) is 0 Å². The van der Waals surface area contributed by atoms with Crippen LogP contribution in [0.2, 0.25) is 10.0 Å². The zero-order valence-electron chi connectivity index (χ0n) is 16.1. The second-order valence-corrected chi connectivity index (χ2v) is 8.90. The molecule has 1 aromatic heterocycles. The molecule has 0 aliphatic rings. The molecule has 0 spiro atoms. The maximum absolute atomic E-state index is 13.1. The largest absolute Gasteiger partial charge is 0.302 e. The number of halogens is 2. The molecule has 6 heteroatoms. The number of hydrogen-bond donors (Lipinski definition) is 0. The average molecular weight is 426 g/mol. The first-order valence-electron chi connectivity index (χ1n) is 9.26. The van der Waals surface area contributed by atoms with Gasteiger partial charge in [0.25, 0.3) is 0 Å². The molecule has 0 amide bonds. The number of thiazole rings is 1. The Hall–Kier alpha value is -1.23. The molecule has 146 valence electrons. The van der Waals surface area contributed by atoms with Gasteiger partial charge in [-0.15, -0.1) is 11.3 Å². The highest BCUT2D eigenvalue weighted by Crippen LogP contribution is 2.39. The summed E-state index contributed by atoms with van der Waals surface area (Å²) in [5, 5.41) is 1.57. The summed E-state index contributed by atoms with van der Waals surface area (Å²) in [4.78, 5) is 30.5. The van der Waals surface area contributed by atoms with E-state index in [0.717, 1.165) is 29.6 Å². The van der Waals surface area contributed by atoms with E-state index in [0.29, 0.717) is 33.1 Å². The summed E-state index contributed by atoms with van der Waals surface area (Å²) in [6, 6.07) is 5.38. The van der Waals surface area contributed by atoms with Crippen LogP contribution in [0.25, 0.3) is 10.6 Å². The number of aryl methyl sites for hydroxylation is 1. The zero-order chi connectivity index (χ0) is 20.1. The van der Waals surface area contributed by atoms with Crippen molar-refractivity contribution in [3.8, 4) is 10.6 Å². The number of hydrogen-bond acceptors (Lipinski definition) is 4. The number of benzene rings is 1. The lowest BCUT2D eigenvalue weighted by Crippen LogP contribution is -2.25. The highest BCUT2D eigenvalue weighted by molar-refractivity contribution is 7.15. The van der Waals surface area contributed by atoms with Gasteiger partial charge in [0, 0.05) is 16.4 Å². The number of aldehydes is 1. The van der Waals surface area contributed by atoms with Crippen molar-refractivity contribution in [3.63, 3.8) is 0 Å². The molecular formula is C21H25Cl2NO2S. The third kappa shape index (κ3) is 4.98. The monoisotopic (exact) mass is 425 g/mol. The first-order valence-corrected chi connectivity index (χ1v) is 10.8. The molecule has 27 heavy (non-hydrogen) atoms. The van der Waals surface area contributed by atoms with E-state index in [2.05, 4.69) is 18.8 Å². The second kappa shape index (κ2) is 9.81. The lowest BCUT2D eigenvalue weighted by atomic mass is 9.84. The van der Waals surface area contributed by atoms with Crippen molar-refractivity contribution in [1.82, 2.24) is 4.98 Å². The minimum Gasteiger partial charge on any atom is -0.302 e. The Labute approximate surface area is 175 Å². The lowest BCUT2D eigenvalue weighted by Gasteiger charge is -2.19. The minimum atomic E-state index is -0.827. The predicted octanol–water partition coefficient (Wildman–Crippen LogP) is 6.60. The quantitative estimate of drug-likeness (QED) is 0.335. The molecule has 2 aromatic rings. The normalized spacial score (nSPS) is 13.6. The van der Waals surface area contributed by atoms with Crippen LogP contribution in [-0.4, -0.2) is 17.1 Å². The molecule has 0 aliphatic heterocycles. The number of carbonyl (C=O) groups is 2. The second-order valence-electron chi connectivity index (χ2n) is 7.03. The average Bonchev–Trinajstić information content (AvgIpc) is 3.06. The van der Waals surface area contributed by atoms with Crippen molar-refractivity contribution in [2.45, 2.75) is 52.9 Å². The number of aromatic nitrogens is 1. The molecule has 0 radical (unpaired) electrons. The number of Topliss-reactive ketones (excluding diaryl/α,β-unsaturated/α-hetero) is 1. The van der Waals surface area contributed by atoms with Crippen molar-refractivity contribution in [2.75, 3.05) is 0 Å². The van der Waals surface area contributed by atoms with Gasteiger partial charge < -0.3 is 4.79 Å². The van der Waals surface area contributed by atoms with Crippen molar-refractivity contribution >= 4 is 46.6 Å². The van der Waals surface area contributed by atoms with Crippen LogP contribution in [0.4, 0.5) is 0 Å². The smallest absolute Gasteiger partial charge is 0.152 e. The summed E-state index contributed by atoms with van der Waals surface area (Å²) in [5.41, 5.74) is 1.29. The number of rotatable bonds is 9. The Kier molecular flexibility index (Phi) is 8.02. The van der Waals surface area contributed by atoms with Crippen LogP contribution in [0.3, 0.4) is 0 Å². The first-order chi connectivity index (χ1) is 12.8. The molecule has 0 N–H and O–H groups in total. The van der Waals surface area contributed by atoms with Crippen molar-refractivity contribution in [3.05, 3.63) is 38.8 Å². The van der Waals surface area contributed by atoms with Gasteiger partial charge in [0.2, 0.25) is 0 Å². The van der Waals surface area contributed by atoms with Gasteiger partial charge in [0.05, 0.1) is 15.7 Å².